The van der Waals surface area contributed by atoms with Crippen LogP contribution < -0.4 is 5.32 Å². The number of rotatable bonds is 5. The zero-order valence-electron chi connectivity index (χ0n) is 13.4. The van der Waals surface area contributed by atoms with Crippen LogP contribution in [0.2, 0.25) is 0 Å². The van der Waals surface area contributed by atoms with E-state index in [1.807, 2.05) is 6.07 Å². The van der Waals surface area contributed by atoms with Gasteiger partial charge in [-0.1, -0.05) is 68.4 Å². The molecule has 0 saturated heterocycles. The molecule has 0 heterocycles. The summed E-state index contributed by atoms with van der Waals surface area (Å²) < 4.78 is 0. The summed E-state index contributed by atoms with van der Waals surface area (Å²) in [5, 5.41) is 14.3. The van der Waals surface area contributed by atoms with Crippen molar-refractivity contribution in [1.29, 1.82) is 0 Å². The molecule has 2 nitrogen and oxygen atoms in total. The highest BCUT2D eigenvalue weighted by atomic mass is 16.3. The number of fused-ring (bicyclic) bond motifs is 1. The summed E-state index contributed by atoms with van der Waals surface area (Å²) >= 11 is 0. The van der Waals surface area contributed by atoms with Crippen LogP contribution in [0.1, 0.15) is 42.7 Å². The second-order valence-electron chi connectivity index (χ2n) is 6.56. The first kappa shape index (κ1) is 15.3. The maximum absolute atomic E-state index is 10.7. The standard InChI is InChI=1S/C20H25NO/c1-14(2)18-19(16-10-6-7-11-17(16)20(18)22)21-13-12-15-8-4-3-5-9-15/h3-11,14,18-22H,12-13H2,1-2H3. The minimum atomic E-state index is -0.356. The van der Waals surface area contributed by atoms with Crippen molar-refractivity contribution < 1.29 is 5.11 Å². The molecule has 3 atom stereocenters. The van der Waals surface area contributed by atoms with Gasteiger partial charge < -0.3 is 10.4 Å². The molecular weight excluding hydrogens is 270 g/mol. The molecule has 2 heteroatoms. The summed E-state index contributed by atoms with van der Waals surface area (Å²) in [6, 6.07) is 19.1. The highest BCUT2D eigenvalue weighted by Crippen LogP contribution is 2.46. The third-order valence-corrected chi connectivity index (χ3v) is 4.79. The van der Waals surface area contributed by atoms with E-state index >= 15 is 0 Å². The van der Waals surface area contributed by atoms with Crippen molar-refractivity contribution in [2.45, 2.75) is 32.4 Å². The molecule has 0 bridgehead atoms. The minimum absolute atomic E-state index is 0.244. The van der Waals surface area contributed by atoms with Crippen LogP contribution in [0.4, 0.5) is 0 Å². The van der Waals surface area contributed by atoms with Crippen molar-refractivity contribution in [1.82, 2.24) is 5.32 Å². The molecule has 2 aromatic rings. The van der Waals surface area contributed by atoms with E-state index in [0.717, 1.165) is 18.5 Å². The fourth-order valence-electron chi connectivity index (χ4n) is 3.67. The molecule has 0 aliphatic heterocycles. The molecule has 1 aliphatic rings. The number of hydrogen-bond donors (Lipinski definition) is 2. The van der Waals surface area contributed by atoms with Crippen LogP contribution in [0.25, 0.3) is 0 Å². The van der Waals surface area contributed by atoms with Gasteiger partial charge in [0.05, 0.1) is 6.10 Å². The monoisotopic (exact) mass is 295 g/mol. The highest BCUT2D eigenvalue weighted by molar-refractivity contribution is 5.38. The lowest BCUT2D eigenvalue weighted by Crippen LogP contribution is -2.31. The second-order valence-corrected chi connectivity index (χ2v) is 6.56. The Labute approximate surface area is 133 Å². The zero-order chi connectivity index (χ0) is 15.5. The number of aliphatic hydroxyl groups excluding tert-OH is 1. The van der Waals surface area contributed by atoms with E-state index in [1.165, 1.54) is 11.1 Å². The molecule has 116 valence electrons. The van der Waals surface area contributed by atoms with Crippen LogP contribution in [0.15, 0.2) is 54.6 Å². The molecule has 3 unspecified atom stereocenters. The van der Waals surface area contributed by atoms with E-state index in [1.54, 1.807) is 0 Å². The molecule has 22 heavy (non-hydrogen) atoms. The molecule has 3 rings (SSSR count). The first-order valence-electron chi connectivity index (χ1n) is 8.22. The summed E-state index contributed by atoms with van der Waals surface area (Å²) in [6.07, 6.45) is 0.658. The van der Waals surface area contributed by atoms with Gasteiger partial charge in [0.2, 0.25) is 0 Å². The van der Waals surface area contributed by atoms with Crippen molar-refractivity contribution in [3.05, 3.63) is 71.3 Å². The molecule has 2 aromatic carbocycles. The van der Waals surface area contributed by atoms with Crippen LogP contribution in [0.3, 0.4) is 0 Å². The second kappa shape index (κ2) is 6.64. The predicted molar refractivity (Wildman–Crippen MR) is 90.6 cm³/mol. The third kappa shape index (κ3) is 2.94. The number of aliphatic hydroxyl groups is 1. The van der Waals surface area contributed by atoms with Gasteiger partial charge in [-0.2, -0.15) is 0 Å². The Bertz CT molecular complexity index is 608. The lowest BCUT2D eigenvalue weighted by atomic mass is 9.87. The normalized spacial score (nSPS) is 23.7. The average Bonchev–Trinajstić information content (AvgIpc) is 2.82. The lowest BCUT2D eigenvalue weighted by molar-refractivity contribution is 0.0753. The summed E-state index contributed by atoms with van der Waals surface area (Å²) in [7, 11) is 0. The van der Waals surface area contributed by atoms with Gasteiger partial charge >= 0.3 is 0 Å². The van der Waals surface area contributed by atoms with E-state index in [-0.39, 0.29) is 18.1 Å². The topological polar surface area (TPSA) is 32.3 Å². The molecule has 0 radical (unpaired) electrons. The summed E-state index contributed by atoms with van der Waals surface area (Å²) in [5.41, 5.74) is 3.71. The van der Waals surface area contributed by atoms with Gasteiger partial charge in [-0.15, -0.1) is 0 Å². The lowest BCUT2D eigenvalue weighted by Gasteiger charge is -2.27. The molecule has 0 fully saturated rings. The summed E-state index contributed by atoms with van der Waals surface area (Å²) in [4.78, 5) is 0. The zero-order valence-corrected chi connectivity index (χ0v) is 13.4. The van der Waals surface area contributed by atoms with Gasteiger partial charge in [-0.25, -0.2) is 0 Å². The first-order chi connectivity index (χ1) is 10.7. The molecule has 0 spiro atoms. The Balaban J connectivity index is 1.73. The fraction of sp³-hybridized carbons (Fsp3) is 0.400. The van der Waals surface area contributed by atoms with Gasteiger partial charge in [0.15, 0.2) is 0 Å². The largest absolute Gasteiger partial charge is 0.388 e. The van der Waals surface area contributed by atoms with Gasteiger partial charge in [0, 0.05) is 12.0 Å². The first-order valence-corrected chi connectivity index (χ1v) is 8.22. The highest BCUT2D eigenvalue weighted by Gasteiger charge is 2.40. The van der Waals surface area contributed by atoms with Crippen molar-refractivity contribution in [2.75, 3.05) is 6.54 Å². The number of hydrogen-bond acceptors (Lipinski definition) is 2. The third-order valence-electron chi connectivity index (χ3n) is 4.79. The SMILES string of the molecule is CC(C)C1C(O)c2ccccc2C1NCCc1ccccc1. The smallest absolute Gasteiger partial charge is 0.0842 e. The Morgan fingerprint density at radius 2 is 1.59 bits per heavy atom. The van der Waals surface area contributed by atoms with Gasteiger partial charge in [-0.05, 0) is 35.6 Å². The maximum Gasteiger partial charge on any atom is 0.0842 e. The molecular formula is C20H25NO. The molecule has 0 amide bonds. The predicted octanol–water partition coefficient (Wildman–Crippen LogP) is 3.88. The Hall–Kier alpha value is -1.64. The summed E-state index contributed by atoms with van der Waals surface area (Å²) in [6.45, 7) is 5.33. The molecule has 0 saturated carbocycles. The number of benzene rings is 2. The van der Waals surface area contributed by atoms with Gasteiger partial charge in [0.25, 0.3) is 0 Å². The fourth-order valence-corrected chi connectivity index (χ4v) is 3.67. The van der Waals surface area contributed by atoms with Crippen LogP contribution in [0.5, 0.6) is 0 Å². The number of nitrogens with one attached hydrogen (secondary N) is 1. The van der Waals surface area contributed by atoms with E-state index in [2.05, 4.69) is 67.7 Å². The Morgan fingerprint density at radius 1 is 0.955 bits per heavy atom. The quantitative estimate of drug-likeness (QED) is 0.877. The van der Waals surface area contributed by atoms with Crippen LogP contribution >= 0.6 is 0 Å². The Kier molecular flexibility index (Phi) is 4.60. The van der Waals surface area contributed by atoms with Crippen LogP contribution in [-0.2, 0) is 6.42 Å². The molecule has 2 N–H and O–H groups in total. The van der Waals surface area contributed by atoms with E-state index < -0.39 is 0 Å². The van der Waals surface area contributed by atoms with Gasteiger partial charge in [-0.3, -0.25) is 0 Å². The van der Waals surface area contributed by atoms with E-state index in [4.69, 9.17) is 0 Å². The summed E-state index contributed by atoms with van der Waals surface area (Å²) in [5.74, 6) is 0.685. The molecule has 1 aliphatic carbocycles. The molecule has 0 aromatic heterocycles. The van der Waals surface area contributed by atoms with Crippen LogP contribution in [0, 0.1) is 11.8 Å². The van der Waals surface area contributed by atoms with E-state index in [9.17, 15) is 5.11 Å². The van der Waals surface area contributed by atoms with Crippen LogP contribution in [-0.4, -0.2) is 11.7 Å². The van der Waals surface area contributed by atoms with Crippen molar-refractivity contribution >= 4 is 0 Å². The average molecular weight is 295 g/mol. The maximum atomic E-state index is 10.7. The van der Waals surface area contributed by atoms with Gasteiger partial charge in [0.1, 0.15) is 0 Å². The van der Waals surface area contributed by atoms with Crippen molar-refractivity contribution in [3.8, 4) is 0 Å². The van der Waals surface area contributed by atoms with E-state index in [0.29, 0.717) is 5.92 Å². The van der Waals surface area contributed by atoms with Crippen molar-refractivity contribution in [3.63, 3.8) is 0 Å². The Morgan fingerprint density at radius 3 is 2.27 bits per heavy atom. The van der Waals surface area contributed by atoms with Crippen molar-refractivity contribution in [2.24, 2.45) is 11.8 Å². The minimum Gasteiger partial charge on any atom is -0.388 e.